The third-order valence-corrected chi connectivity index (χ3v) is 5.42. The van der Waals surface area contributed by atoms with E-state index in [1.807, 2.05) is 37.3 Å². The fraction of sp³-hybridized carbons (Fsp3) is 0.231. The number of hydrogen-bond donors (Lipinski definition) is 2. The second kappa shape index (κ2) is 11.6. The number of nitrogens with zero attached hydrogens (tertiary/aromatic N) is 2. The van der Waals surface area contributed by atoms with Crippen LogP contribution in [0.1, 0.15) is 41.3 Å². The number of methoxy groups -OCH3 is 1. The normalized spacial score (nSPS) is 10.9. The van der Waals surface area contributed by atoms with Gasteiger partial charge in [0.1, 0.15) is 5.82 Å². The molecule has 35 heavy (non-hydrogen) atoms. The highest BCUT2D eigenvalue weighted by atomic mass is 16.5. The number of nitrogens with one attached hydrogen (secondary N) is 1. The van der Waals surface area contributed by atoms with E-state index >= 15 is 0 Å². The second-order valence-corrected chi connectivity index (χ2v) is 7.86. The maximum Gasteiger partial charge on any atom is 0.337 e. The van der Waals surface area contributed by atoms with Gasteiger partial charge in [-0.05, 0) is 35.8 Å². The van der Waals surface area contributed by atoms with Crippen LogP contribution in [-0.2, 0) is 22.6 Å². The third-order valence-electron chi connectivity index (χ3n) is 5.42. The summed E-state index contributed by atoms with van der Waals surface area (Å²) in [5.74, 6) is -1.02. The van der Waals surface area contributed by atoms with E-state index in [1.54, 1.807) is 30.3 Å². The van der Waals surface area contributed by atoms with E-state index in [0.29, 0.717) is 24.1 Å². The molecule has 0 bridgehead atoms. The second-order valence-electron chi connectivity index (χ2n) is 7.86. The topological polar surface area (TPSA) is 127 Å². The van der Waals surface area contributed by atoms with Gasteiger partial charge in [0, 0.05) is 12.6 Å². The number of aromatic amines is 1. The molecule has 0 spiro atoms. The van der Waals surface area contributed by atoms with Crippen molar-refractivity contribution < 1.29 is 14.3 Å². The van der Waals surface area contributed by atoms with Crippen LogP contribution in [0.3, 0.4) is 0 Å². The average molecular weight is 477 g/mol. The first kappa shape index (κ1) is 25.2. The first-order valence-corrected chi connectivity index (χ1v) is 11.2. The summed E-state index contributed by atoms with van der Waals surface area (Å²) in [5, 5.41) is 0. The number of rotatable bonds is 9. The Balaban J connectivity index is 2.00. The minimum absolute atomic E-state index is 0.0627. The quantitative estimate of drug-likeness (QED) is 0.361. The summed E-state index contributed by atoms with van der Waals surface area (Å²) in [7, 11) is 1.30. The minimum atomic E-state index is -0.736. The highest BCUT2D eigenvalue weighted by molar-refractivity contribution is 6.05. The maximum absolute atomic E-state index is 13.3. The van der Waals surface area contributed by atoms with Crippen molar-refractivity contribution in [3.8, 4) is 0 Å². The molecule has 3 aromatic rings. The lowest BCUT2D eigenvalue weighted by Gasteiger charge is -2.23. The Bertz CT molecular complexity index is 1320. The number of benzene rings is 2. The Hall–Kier alpha value is -4.40. The monoisotopic (exact) mass is 476 g/mol. The molecule has 1 heterocycles. The van der Waals surface area contributed by atoms with Gasteiger partial charge in [-0.3, -0.25) is 24.0 Å². The molecule has 3 N–H and O–H groups in total. The molecule has 0 aliphatic rings. The van der Waals surface area contributed by atoms with Crippen molar-refractivity contribution in [3.05, 3.63) is 98.2 Å². The smallest absolute Gasteiger partial charge is 0.337 e. The Morgan fingerprint density at radius 1 is 1.09 bits per heavy atom. The van der Waals surface area contributed by atoms with E-state index in [9.17, 15) is 19.2 Å². The molecule has 0 fully saturated rings. The van der Waals surface area contributed by atoms with Gasteiger partial charge >= 0.3 is 11.7 Å². The van der Waals surface area contributed by atoms with E-state index in [0.717, 1.165) is 12.0 Å². The SMILES string of the molecule is CCCCn1c(N)c(N(Cc2ccccc2)C(=O)/C=C/c2ccc(C(=O)OC)cc2)c(=O)[nH]c1=O. The van der Waals surface area contributed by atoms with Crippen LogP contribution in [0.15, 0.2) is 70.3 Å². The number of aromatic nitrogens is 2. The van der Waals surface area contributed by atoms with Crippen molar-refractivity contribution in [2.24, 2.45) is 0 Å². The Morgan fingerprint density at radius 2 is 1.77 bits per heavy atom. The van der Waals surface area contributed by atoms with Crippen LogP contribution in [0.25, 0.3) is 6.08 Å². The number of amides is 1. The molecule has 3 rings (SSSR count). The van der Waals surface area contributed by atoms with Gasteiger partial charge < -0.3 is 10.5 Å². The number of ether oxygens (including phenoxy) is 1. The number of carbonyl (C=O) groups is 2. The summed E-state index contributed by atoms with van der Waals surface area (Å²) in [6, 6.07) is 15.7. The number of carbonyl (C=O) groups excluding carboxylic acids is 2. The number of nitrogens with two attached hydrogens (primary N) is 1. The largest absolute Gasteiger partial charge is 0.465 e. The summed E-state index contributed by atoms with van der Waals surface area (Å²) in [4.78, 5) is 53.7. The summed E-state index contributed by atoms with van der Waals surface area (Å²) in [5.41, 5.74) is 6.66. The summed E-state index contributed by atoms with van der Waals surface area (Å²) >= 11 is 0. The molecule has 9 nitrogen and oxygen atoms in total. The predicted octanol–water partition coefficient (Wildman–Crippen LogP) is 2.95. The van der Waals surface area contributed by atoms with Crippen LogP contribution in [0.2, 0.25) is 0 Å². The zero-order chi connectivity index (χ0) is 25.4. The van der Waals surface area contributed by atoms with Gasteiger partial charge in [0.25, 0.3) is 11.5 Å². The van der Waals surface area contributed by atoms with Gasteiger partial charge in [0.2, 0.25) is 0 Å². The highest BCUT2D eigenvalue weighted by Gasteiger charge is 2.23. The molecule has 0 unspecified atom stereocenters. The lowest BCUT2D eigenvalue weighted by atomic mass is 10.1. The summed E-state index contributed by atoms with van der Waals surface area (Å²) < 4.78 is 5.97. The van der Waals surface area contributed by atoms with E-state index < -0.39 is 23.1 Å². The number of H-pyrrole nitrogens is 1. The standard InChI is InChI=1S/C26H28N4O5/c1-3-4-16-29-23(27)22(24(32)28-26(29)34)30(17-19-8-6-5-7-9-19)21(31)15-12-18-10-13-20(14-11-18)25(33)35-2/h5-15H,3-4,16-17,27H2,1-2H3,(H,28,32,34)/b15-12+. The van der Waals surface area contributed by atoms with Crippen molar-refractivity contribution >= 4 is 29.5 Å². The van der Waals surface area contributed by atoms with Crippen LogP contribution in [-0.4, -0.2) is 28.5 Å². The van der Waals surface area contributed by atoms with Crippen molar-refractivity contribution in [2.75, 3.05) is 17.7 Å². The first-order valence-electron chi connectivity index (χ1n) is 11.2. The van der Waals surface area contributed by atoms with Gasteiger partial charge in [-0.1, -0.05) is 55.8 Å². The van der Waals surface area contributed by atoms with Crippen LogP contribution < -0.4 is 21.9 Å². The average Bonchev–Trinajstić information content (AvgIpc) is 2.87. The van der Waals surface area contributed by atoms with Gasteiger partial charge in [-0.25, -0.2) is 9.59 Å². The van der Waals surface area contributed by atoms with Gasteiger partial charge in [-0.2, -0.15) is 0 Å². The number of unbranched alkanes of at least 4 members (excludes halogenated alkanes) is 1. The van der Waals surface area contributed by atoms with Crippen molar-refractivity contribution in [1.29, 1.82) is 0 Å². The van der Waals surface area contributed by atoms with E-state index in [1.165, 1.54) is 22.7 Å². The van der Waals surface area contributed by atoms with Crippen molar-refractivity contribution in [1.82, 2.24) is 9.55 Å². The molecule has 1 aromatic heterocycles. The van der Waals surface area contributed by atoms with Crippen LogP contribution in [0.4, 0.5) is 11.5 Å². The van der Waals surface area contributed by atoms with Crippen LogP contribution in [0, 0.1) is 0 Å². The number of esters is 1. The zero-order valence-electron chi connectivity index (χ0n) is 19.7. The molecule has 0 saturated carbocycles. The Morgan fingerprint density at radius 3 is 2.40 bits per heavy atom. The number of hydrogen-bond acceptors (Lipinski definition) is 6. The Kier molecular flexibility index (Phi) is 8.39. The third kappa shape index (κ3) is 6.14. The zero-order valence-corrected chi connectivity index (χ0v) is 19.7. The molecular weight excluding hydrogens is 448 g/mol. The maximum atomic E-state index is 13.3. The first-order chi connectivity index (χ1) is 16.8. The number of anilines is 2. The highest BCUT2D eigenvalue weighted by Crippen LogP contribution is 2.21. The molecule has 1 amide bonds. The molecule has 182 valence electrons. The fourth-order valence-electron chi connectivity index (χ4n) is 3.52. The van der Waals surface area contributed by atoms with Crippen LogP contribution in [0.5, 0.6) is 0 Å². The van der Waals surface area contributed by atoms with E-state index in [4.69, 9.17) is 5.73 Å². The summed E-state index contributed by atoms with van der Waals surface area (Å²) in [6.07, 6.45) is 4.39. The molecule has 0 radical (unpaired) electrons. The minimum Gasteiger partial charge on any atom is -0.465 e. The molecule has 2 aromatic carbocycles. The molecule has 0 atom stereocenters. The molecule has 0 aliphatic carbocycles. The van der Waals surface area contributed by atoms with E-state index in [-0.39, 0.29) is 18.1 Å². The van der Waals surface area contributed by atoms with Crippen molar-refractivity contribution in [3.63, 3.8) is 0 Å². The van der Waals surface area contributed by atoms with E-state index in [2.05, 4.69) is 9.72 Å². The van der Waals surface area contributed by atoms with Gasteiger partial charge in [0.05, 0.1) is 19.2 Å². The molecule has 0 saturated heterocycles. The predicted molar refractivity (Wildman–Crippen MR) is 135 cm³/mol. The lowest BCUT2D eigenvalue weighted by molar-refractivity contribution is -0.114. The van der Waals surface area contributed by atoms with Gasteiger partial charge in [-0.15, -0.1) is 0 Å². The molecular formula is C26H28N4O5. The fourth-order valence-corrected chi connectivity index (χ4v) is 3.52. The van der Waals surface area contributed by atoms with Gasteiger partial charge in [0.15, 0.2) is 5.69 Å². The van der Waals surface area contributed by atoms with Crippen LogP contribution >= 0.6 is 0 Å². The molecule has 9 heteroatoms. The van der Waals surface area contributed by atoms with Crippen molar-refractivity contribution in [2.45, 2.75) is 32.9 Å². The lowest BCUT2D eigenvalue weighted by Crippen LogP contribution is -2.40. The Labute approximate surface area is 202 Å². The molecule has 0 aliphatic heterocycles. The number of nitrogen functional groups attached to an aromatic ring is 1. The summed E-state index contributed by atoms with van der Waals surface area (Å²) in [6.45, 7) is 2.37.